The third kappa shape index (κ3) is 5.05. The number of hydrogen-bond donors (Lipinski definition) is 1. The highest BCUT2D eigenvalue weighted by Gasteiger charge is 2.52. The largest absolute Gasteiger partial charge is 0.492 e. The summed E-state index contributed by atoms with van der Waals surface area (Å²) in [6.45, 7) is 11.4. The number of rotatable bonds is 6. The predicted octanol–water partition coefficient (Wildman–Crippen LogP) is 2.97. The van der Waals surface area contributed by atoms with Crippen LogP contribution in [0.2, 0.25) is 0 Å². The molecule has 0 saturated carbocycles. The summed E-state index contributed by atoms with van der Waals surface area (Å²) in [5.41, 5.74) is 1.90. The second-order valence-electron chi connectivity index (χ2n) is 7.84. The Hall–Kier alpha value is -1.92. The molecule has 1 aromatic rings. The summed E-state index contributed by atoms with van der Waals surface area (Å²) in [6, 6.07) is 7.79. The Morgan fingerprint density at radius 2 is 1.58 bits per heavy atom. The van der Waals surface area contributed by atoms with E-state index < -0.39 is 18.3 Å². The summed E-state index contributed by atoms with van der Waals surface area (Å²) in [5.74, 6) is 0.0288. The van der Waals surface area contributed by atoms with E-state index in [4.69, 9.17) is 9.31 Å². The molecule has 1 amide bonds. The van der Waals surface area contributed by atoms with E-state index in [0.29, 0.717) is 13.0 Å². The van der Waals surface area contributed by atoms with Crippen molar-refractivity contribution in [3.63, 3.8) is 0 Å². The maximum atomic E-state index is 11.4. The van der Waals surface area contributed by atoms with E-state index in [1.54, 1.807) is 6.92 Å². The van der Waals surface area contributed by atoms with E-state index in [-0.39, 0.29) is 11.7 Å². The van der Waals surface area contributed by atoms with Crippen LogP contribution in [0.15, 0.2) is 29.7 Å². The summed E-state index contributed by atoms with van der Waals surface area (Å²) >= 11 is 0. The number of benzene rings is 1. The zero-order valence-electron chi connectivity index (χ0n) is 16.5. The van der Waals surface area contributed by atoms with Crippen LogP contribution in [-0.4, -0.2) is 36.6 Å². The SMILES string of the molecule is CC(=O)Cc1ccc(C=C(CNC(C)=O)B2OC(C)(C)C(C)(C)O2)cc1. The van der Waals surface area contributed by atoms with Crippen LogP contribution in [0.3, 0.4) is 0 Å². The fourth-order valence-electron chi connectivity index (χ4n) is 2.66. The molecular formula is C20H28BNO4. The van der Waals surface area contributed by atoms with Crippen LogP contribution in [0.25, 0.3) is 6.08 Å². The van der Waals surface area contributed by atoms with Gasteiger partial charge in [-0.2, -0.15) is 0 Å². The zero-order chi connectivity index (χ0) is 19.5. The Labute approximate surface area is 156 Å². The van der Waals surface area contributed by atoms with Crippen LogP contribution < -0.4 is 5.32 Å². The molecule has 1 saturated heterocycles. The molecule has 0 atom stereocenters. The van der Waals surface area contributed by atoms with Crippen molar-refractivity contribution in [1.29, 1.82) is 0 Å². The molecule has 5 nitrogen and oxygen atoms in total. The molecule has 2 rings (SSSR count). The van der Waals surface area contributed by atoms with E-state index in [2.05, 4.69) is 5.32 Å². The molecule has 140 valence electrons. The van der Waals surface area contributed by atoms with Crippen LogP contribution in [0.5, 0.6) is 0 Å². The second-order valence-corrected chi connectivity index (χ2v) is 7.84. The highest BCUT2D eigenvalue weighted by molar-refractivity contribution is 6.56. The first kappa shape index (κ1) is 20.4. The number of nitrogens with one attached hydrogen (secondary N) is 1. The Bertz CT molecular complexity index is 691. The maximum absolute atomic E-state index is 11.4. The molecule has 0 aliphatic carbocycles. The van der Waals surface area contributed by atoms with Crippen molar-refractivity contribution in [1.82, 2.24) is 5.32 Å². The topological polar surface area (TPSA) is 64.6 Å². The Balaban J connectivity index is 2.25. The van der Waals surface area contributed by atoms with Gasteiger partial charge in [-0.25, -0.2) is 0 Å². The van der Waals surface area contributed by atoms with Gasteiger partial charge in [0.25, 0.3) is 0 Å². The van der Waals surface area contributed by atoms with Gasteiger partial charge in [-0.3, -0.25) is 9.59 Å². The number of amides is 1. The average Bonchev–Trinajstić information content (AvgIpc) is 2.72. The Morgan fingerprint density at radius 1 is 1.04 bits per heavy atom. The standard InChI is InChI=1S/C20H28BNO4/c1-14(23)11-16-7-9-17(10-8-16)12-18(13-22-15(2)24)21-25-19(3,4)20(5,6)26-21/h7-10,12H,11,13H2,1-6H3,(H,22,24). The molecule has 1 fully saturated rings. The normalized spacial score (nSPS) is 18.7. The fourth-order valence-corrected chi connectivity index (χ4v) is 2.66. The minimum absolute atomic E-state index is 0.107. The summed E-state index contributed by atoms with van der Waals surface area (Å²) in [5, 5.41) is 2.82. The number of Topliss-reactive ketones (excluding diaryl/α,β-unsaturated/α-hetero) is 1. The van der Waals surface area contributed by atoms with Crippen LogP contribution in [0.4, 0.5) is 0 Å². The van der Waals surface area contributed by atoms with Gasteiger partial charge in [0.05, 0.1) is 11.2 Å². The molecular weight excluding hydrogens is 329 g/mol. The van der Waals surface area contributed by atoms with Gasteiger partial charge >= 0.3 is 7.12 Å². The van der Waals surface area contributed by atoms with Crippen molar-refractivity contribution in [3.8, 4) is 0 Å². The minimum atomic E-state index is -0.524. The van der Waals surface area contributed by atoms with Gasteiger partial charge in [-0.1, -0.05) is 30.3 Å². The van der Waals surface area contributed by atoms with Crippen molar-refractivity contribution in [2.45, 2.75) is 59.2 Å². The third-order valence-corrected chi connectivity index (χ3v) is 4.88. The molecule has 0 spiro atoms. The lowest BCUT2D eigenvalue weighted by atomic mass is 9.77. The third-order valence-electron chi connectivity index (χ3n) is 4.88. The van der Waals surface area contributed by atoms with Crippen molar-refractivity contribution in [3.05, 3.63) is 40.9 Å². The highest BCUT2D eigenvalue weighted by Crippen LogP contribution is 2.38. The molecule has 1 N–H and O–H groups in total. The summed E-state index contributed by atoms with van der Waals surface area (Å²) in [4.78, 5) is 22.6. The van der Waals surface area contributed by atoms with Gasteiger partial charge in [0.15, 0.2) is 0 Å². The van der Waals surface area contributed by atoms with Gasteiger partial charge in [0.1, 0.15) is 5.78 Å². The van der Waals surface area contributed by atoms with Crippen LogP contribution in [0.1, 0.15) is 52.7 Å². The van der Waals surface area contributed by atoms with Crippen molar-refractivity contribution >= 4 is 24.9 Å². The highest BCUT2D eigenvalue weighted by atomic mass is 16.7. The lowest BCUT2D eigenvalue weighted by Crippen LogP contribution is -2.41. The van der Waals surface area contributed by atoms with E-state index in [9.17, 15) is 9.59 Å². The quantitative estimate of drug-likeness (QED) is 0.795. The molecule has 0 aromatic heterocycles. The Morgan fingerprint density at radius 3 is 2.04 bits per heavy atom. The van der Waals surface area contributed by atoms with E-state index in [1.165, 1.54) is 6.92 Å². The number of carbonyl (C=O) groups excluding carboxylic acids is 2. The van der Waals surface area contributed by atoms with E-state index in [1.807, 2.05) is 58.0 Å². The summed E-state index contributed by atoms with van der Waals surface area (Å²) < 4.78 is 12.2. The first-order valence-corrected chi connectivity index (χ1v) is 8.89. The lowest BCUT2D eigenvalue weighted by Gasteiger charge is -2.32. The summed E-state index contributed by atoms with van der Waals surface area (Å²) in [6.07, 6.45) is 2.40. The molecule has 0 unspecified atom stereocenters. The molecule has 0 radical (unpaired) electrons. The summed E-state index contributed by atoms with van der Waals surface area (Å²) in [7, 11) is -0.524. The molecule has 0 bridgehead atoms. The first-order chi connectivity index (χ1) is 12.0. The van der Waals surface area contributed by atoms with Gasteiger partial charge in [-0.15, -0.1) is 0 Å². The van der Waals surface area contributed by atoms with Crippen molar-refractivity contribution < 1.29 is 18.9 Å². The van der Waals surface area contributed by atoms with Crippen LogP contribution >= 0.6 is 0 Å². The minimum Gasteiger partial charge on any atom is -0.400 e. The fraction of sp³-hybridized carbons (Fsp3) is 0.500. The monoisotopic (exact) mass is 357 g/mol. The molecule has 26 heavy (non-hydrogen) atoms. The van der Waals surface area contributed by atoms with Gasteiger partial charge in [-0.05, 0) is 51.2 Å². The van der Waals surface area contributed by atoms with Crippen LogP contribution in [-0.2, 0) is 25.3 Å². The maximum Gasteiger partial charge on any atom is 0.492 e. The van der Waals surface area contributed by atoms with Gasteiger partial charge in [0.2, 0.25) is 5.91 Å². The lowest BCUT2D eigenvalue weighted by molar-refractivity contribution is -0.119. The number of hydrogen-bond acceptors (Lipinski definition) is 4. The van der Waals surface area contributed by atoms with Crippen LogP contribution in [0, 0.1) is 0 Å². The number of ketones is 1. The van der Waals surface area contributed by atoms with E-state index in [0.717, 1.165) is 16.6 Å². The molecule has 1 heterocycles. The van der Waals surface area contributed by atoms with Gasteiger partial charge in [0, 0.05) is 19.9 Å². The van der Waals surface area contributed by atoms with Crippen molar-refractivity contribution in [2.75, 3.05) is 6.54 Å². The van der Waals surface area contributed by atoms with Crippen molar-refractivity contribution in [2.24, 2.45) is 0 Å². The molecule has 6 heteroatoms. The second kappa shape index (κ2) is 7.76. The average molecular weight is 357 g/mol. The van der Waals surface area contributed by atoms with Gasteiger partial charge < -0.3 is 14.6 Å². The molecule has 1 aromatic carbocycles. The molecule has 1 aliphatic rings. The smallest absolute Gasteiger partial charge is 0.400 e. The number of carbonyl (C=O) groups is 2. The first-order valence-electron chi connectivity index (χ1n) is 8.89. The Kier molecular flexibility index (Phi) is 6.09. The van der Waals surface area contributed by atoms with E-state index >= 15 is 0 Å². The molecule has 1 aliphatic heterocycles. The predicted molar refractivity (Wildman–Crippen MR) is 104 cm³/mol. The zero-order valence-corrected chi connectivity index (χ0v) is 16.5.